The third-order valence-corrected chi connectivity index (χ3v) is 5.13. The van der Waals surface area contributed by atoms with E-state index in [-0.39, 0.29) is 23.8 Å². The summed E-state index contributed by atoms with van der Waals surface area (Å²) in [5, 5.41) is 1.83. The summed E-state index contributed by atoms with van der Waals surface area (Å²) in [6.45, 7) is 3.68. The number of nitrogens with two attached hydrogens (primary N) is 1. The highest BCUT2D eigenvalue weighted by Gasteiger charge is 2.26. The molecule has 4 nitrogen and oxygen atoms in total. The highest BCUT2D eigenvalue weighted by Crippen LogP contribution is 2.29. The van der Waals surface area contributed by atoms with Gasteiger partial charge in [0.2, 0.25) is 10.0 Å². The van der Waals surface area contributed by atoms with E-state index in [1.807, 2.05) is 6.07 Å². The van der Waals surface area contributed by atoms with Gasteiger partial charge in [-0.15, -0.1) is 12.4 Å². The van der Waals surface area contributed by atoms with Crippen molar-refractivity contribution >= 4 is 44.8 Å². The lowest BCUT2D eigenvalue weighted by Gasteiger charge is -2.24. The highest BCUT2D eigenvalue weighted by molar-refractivity contribution is 7.89. The topological polar surface area (TPSA) is 72.2 Å². The van der Waals surface area contributed by atoms with Crippen molar-refractivity contribution in [2.75, 3.05) is 6.54 Å². The zero-order valence-corrected chi connectivity index (χ0v) is 14.1. The van der Waals surface area contributed by atoms with E-state index in [1.165, 1.54) is 6.07 Å². The monoisotopic (exact) mass is 348 g/mol. The minimum atomic E-state index is -3.66. The molecule has 21 heavy (non-hydrogen) atoms. The number of nitrogens with one attached hydrogen (secondary N) is 1. The molecular formula is C14H18Cl2N2O2S. The van der Waals surface area contributed by atoms with E-state index in [1.54, 1.807) is 38.1 Å². The van der Waals surface area contributed by atoms with Crippen molar-refractivity contribution in [3.05, 3.63) is 41.4 Å². The van der Waals surface area contributed by atoms with Crippen LogP contribution in [0.5, 0.6) is 0 Å². The number of benzene rings is 2. The molecule has 0 radical (unpaired) electrons. The van der Waals surface area contributed by atoms with Crippen LogP contribution in [0.25, 0.3) is 10.8 Å². The summed E-state index contributed by atoms with van der Waals surface area (Å²) >= 11 is 6.10. The fourth-order valence-corrected chi connectivity index (χ4v) is 3.79. The molecule has 0 aliphatic heterocycles. The van der Waals surface area contributed by atoms with Crippen molar-refractivity contribution in [1.82, 2.24) is 4.72 Å². The molecule has 0 amide bonds. The van der Waals surface area contributed by atoms with Gasteiger partial charge in [-0.1, -0.05) is 35.9 Å². The average Bonchev–Trinajstić information content (AvgIpc) is 2.38. The first-order valence-corrected chi connectivity index (χ1v) is 8.04. The van der Waals surface area contributed by atoms with Gasteiger partial charge in [-0.2, -0.15) is 0 Å². The van der Waals surface area contributed by atoms with E-state index in [9.17, 15) is 8.42 Å². The van der Waals surface area contributed by atoms with Crippen LogP contribution in [0, 0.1) is 0 Å². The van der Waals surface area contributed by atoms with E-state index < -0.39 is 15.6 Å². The summed E-state index contributed by atoms with van der Waals surface area (Å²) in [7, 11) is -3.66. The maximum absolute atomic E-state index is 12.5. The van der Waals surface area contributed by atoms with Crippen molar-refractivity contribution in [3.8, 4) is 0 Å². The summed E-state index contributed by atoms with van der Waals surface area (Å²) in [5.74, 6) is 0. The Morgan fingerprint density at radius 3 is 2.29 bits per heavy atom. The Morgan fingerprint density at radius 1 is 1.14 bits per heavy atom. The zero-order valence-electron chi connectivity index (χ0n) is 11.8. The Hall–Kier alpha value is -0.850. The quantitative estimate of drug-likeness (QED) is 0.891. The van der Waals surface area contributed by atoms with Crippen molar-refractivity contribution in [2.45, 2.75) is 24.3 Å². The lowest BCUT2D eigenvalue weighted by molar-refractivity contribution is 0.463. The minimum Gasteiger partial charge on any atom is -0.329 e. The van der Waals surface area contributed by atoms with Gasteiger partial charge in [0.05, 0.1) is 4.90 Å². The van der Waals surface area contributed by atoms with Gasteiger partial charge in [-0.25, -0.2) is 13.1 Å². The normalized spacial score (nSPS) is 12.2. The molecule has 0 aromatic heterocycles. The fourth-order valence-electron chi connectivity index (χ4n) is 1.93. The van der Waals surface area contributed by atoms with Crippen LogP contribution in [0.2, 0.25) is 5.02 Å². The van der Waals surface area contributed by atoms with Crippen LogP contribution in [0.1, 0.15) is 13.8 Å². The minimum absolute atomic E-state index is 0. The van der Waals surface area contributed by atoms with Crippen LogP contribution < -0.4 is 10.5 Å². The smallest absolute Gasteiger partial charge is 0.241 e. The molecule has 0 saturated heterocycles. The fraction of sp³-hybridized carbons (Fsp3) is 0.286. The van der Waals surface area contributed by atoms with E-state index in [0.717, 1.165) is 0 Å². The summed E-state index contributed by atoms with van der Waals surface area (Å²) in [4.78, 5) is 0.207. The molecule has 0 aliphatic rings. The molecule has 2 aromatic carbocycles. The first-order valence-electron chi connectivity index (χ1n) is 6.18. The third kappa shape index (κ3) is 3.87. The number of halogens is 2. The summed E-state index contributed by atoms with van der Waals surface area (Å²) in [6, 6.07) is 10.2. The van der Waals surface area contributed by atoms with Gasteiger partial charge in [0, 0.05) is 27.9 Å². The van der Waals surface area contributed by atoms with Crippen LogP contribution in [-0.4, -0.2) is 20.5 Å². The molecule has 0 saturated carbocycles. The molecule has 0 unspecified atom stereocenters. The van der Waals surface area contributed by atoms with Crippen molar-refractivity contribution < 1.29 is 8.42 Å². The molecule has 0 spiro atoms. The predicted octanol–water partition coefficient (Wildman–Crippen LogP) is 2.93. The molecule has 116 valence electrons. The highest BCUT2D eigenvalue weighted by atomic mass is 35.5. The van der Waals surface area contributed by atoms with Crippen LogP contribution in [0.4, 0.5) is 0 Å². The molecule has 3 N–H and O–H groups in total. The summed E-state index contributed by atoms with van der Waals surface area (Å²) in [6.07, 6.45) is 0. The first-order chi connectivity index (χ1) is 9.27. The van der Waals surface area contributed by atoms with Gasteiger partial charge in [0.15, 0.2) is 0 Å². The number of sulfonamides is 1. The Morgan fingerprint density at radius 2 is 1.71 bits per heavy atom. The standard InChI is InChI=1S/C14H17ClN2O2S.ClH/c1-14(2,9-16)17-20(18,19)13-8-7-12(15)10-5-3-4-6-11(10)13;/h3-8,17H,9,16H2,1-2H3;1H. The van der Waals surface area contributed by atoms with Gasteiger partial charge >= 0.3 is 0 Å². The Labute approximate surface area is 136 Å². The van der Waals surface area contributed by atoms with Crippen LogP contribution in [0.3, 0.4) is 0 Å². The van der Waals surface area contributed by atoms with Gasteiger partial charge in [0.1, 0.15) is 0 Å². The number of fused-ring (bicyclic) bond motifs is 1. The van der Waals surface area contributed by atoms with Crippen molar-refractivity contribution in [2.24, 2.45) is 5.73 Å². The van der Waals surface area contributed by atoms with Gasteiger partial charge < -0.3 is 5.73 Å². The molecule has 7 heteroatoms. The molecule has 0 aliphatic carbocycles. The van der Waals surface area contributed by atoms with Crippen molar-refractivity contribution in [1.29, 1.82) is 0 Å². The molecular weight excluding hydrogens is 331 g/mol. The maximum atomic E-state index is 12.5. The second-order valence-electron chi connectivity index (χ2n) is 5.28. The number of hydrogen-bond acceptors (Lipinski definition) is 3. The Kier molecular flexibility index (Phi) is 5.63. The van der Waals surface area contributed by atoms with Gasteiger partial charge in [0.25, 0.3) is 0 Å². The average molecular weight is 349 g/mol. The molecule has 2 rings (SSSR count). The molecule has 0 bridgehead atoms. The molecule has 0 atom stereocenters. The maximum Gasteiger partial charge on any atom is 0.241 e. The van der Waals surface area contributed by atoms with Crippen molar-refractivity contribution in [3.63, 3.8) is 0 Å². The van der Waals surface area contributed by atoms with E-state index in [4.69, 9.17) is 17.3 Å². The molecule has 2 aromatic rings. The largest absolute Gasteiger partial charge is 0.329 e. The summed E-state index contributed by atoms with van der Waals surface area (Å²) in [5.41, 5.74) is 4.87. The SMILES string of the molecule is CC(C)(CN)NS(=O)(=O)c1ccc(Cl)c2ccccc12.Cl. The Bertz CT molecular complexity index is 746. The second-order valence-corrected chi connectivity index (χ2v) is 7.34. The Balaban J connectivity index is 0.00000220. The lowest BCUT2D eigenvalue weighted by atomic mass is 10.1. The van der Waals surface area contributed by atoms with Crippen LogP contribution >= 0.6 is 24.0 Å². The van der Waals surface area contributed by atoms with E-state index >= 15 is 0 Å². The first kappa shape index (κ1) is 18.2. The van der Waals surface area contributed by atoms with E-state index in [2.05, 4.69) is 4.72 Å². The van der Waals surface area contributed by atoms with Gasteiger partial charge in [-0.3, -0.25) is 0 Å². The molecule has 0 heterocycles. The van der Waals surface area contributed by atoms with Crippen LogP contribution in [0.15, 0.2) is 41.3 Å². The predicted molar refractivity (Wildman–Crippen MR) is 89.7 cm³/mol. The third-order valence-electron chi connectivity index (χ3n) is 3.04. The number of rotatable bonds is 4. The van der Waals surface area contributed by atoms with Crippen LogP contribution in [-0.2, 0) is 10.0 Å². The van der Waals surface area contributed by atoms with E-state index in [0.29, 0.717) is 15.8 Å². The second kappa shape index (κ2) is 6.50. The molecule has 0 fully saturated rings. The number of hydrogen-bond donors (Lipinski definition) is 2. The summed E-state index contributed by atoms with van der Waals surface area (Å²) < 4.78 is 27.7. The lowest BCUT2D eigenvalue weighted by Crippen LogP contribution is -2.48. The van der Waals surface area contributed by atoms with Gasteiger partial charge in [-0.05, 0) is 26.0 Å². The zero-order chi connectivity index (χ0) is 15.0.